The summed E-state index contributed by atoms with van der Waals surface area (Å²) in [5, 5.41) is 11.6. The molecule has 0 spiro atoms. The molecular weight excluding hydrogens is 266 g/mol. The average Bonchev–Trinajstić information content (AvgIpc) is 2.93. The van der Waals surface area contributed by atoms with Crippen molar-refractivity contribution < 1.29 is 4.74 Å². The molecule has 2 aromatic rings. The van der Waals surface area contributed by atoms with E-state index in [0.29, 0.717) is 16.4 Å². The maximum atomic E-state index is 9.24. The topological polar surface area (TPSA) is 33.0 Å². The molecule has 4 heteroatoms. The zero-order valence-corrected chi connectivity index (χ0v) is 11.3. The minimum atomic E-state index is 0.443. The van der Waals surface area contributed by atoms with Gasteiger partial charge in [0.15, 0.2) is 0 Å². The van der Waals surface area contributed by atoms with E-state index in [9.17, 15) is 5.26 Å². The molecule has 0 fully saturated rings. The van der Waals surface area contributed by atoms with E-state index in [2.05, 4.69) is 6.07 Å². The smallest absolute Gasteiger partial charge is 0.119 e. The summed E-state index contributed by atoms with van der Waals surface area (Å²) in [6.45, 7) is 0. The van der Waals surface area contributed by atoms with Gasteiger partial charge in [0, 0.05) is 4.88 Å². The summed E-state index contributed by atoms with van der Waals surface area (Å²) in [4.78, 5) is 0.866. The normalized spacial score (nSPS) is 11.6. The van der Waals surface area contributed by atoms with Gasteiger partial charge in [0.2, 0.25) is 0 Å². The van der Waals surface area contributed by atoms with E-state index < -0.39 is 0 Å². The Balaban J connectivity index is 2.51. The maximum absolute atomic E-state index is 9.24. The first kappa shape index (κ1) is 12.7. The van der Waals surface area contributed by atoms with Crippen molar-refractivity contribution in [1.29, 1.82) is 5.26 Å². The van der Waals surface area contributed by atoms with E-state index in [1.807, 2.05) is 41.8 Å². The van der Waals surface area contributed by atoms with E-state index in [1.165, 1.54) is 11.3 Å². The fourth-order valence-corrected chi connectivity index (χ4v) is 2.58. The number of hydrogen-bond acceptors (Lipinski definition) is 3. The van der Waals surface area contributed by atoms with Crippen LogP contribution in [0.15, 0.2) is 41.8 Å². The number of benzene rings is 1. The number of thiophene rings is 1. The number of hydrogen-bond donors (Lipinski definition) is 0. The number of nitrogens with zero attached hydrogens (tertiary/aromatic N) is 1. The van der Waals surface area contributed by atoms with Crippen LogP contribution in [0.5, 0.6) is 5.75 Å². The summed E-state index contributed by atoms with van der Waals surface area (Å²) in [7, 11) is 1.60. The van der Waals surface area contributed by atoms with E-state index >= 15 is 0 Å². The standard InChI is InChI=1S/C14H10ClNOS/c1-17-11-5-2-4-10(8-11)14(15)12(9-16)13-6-3-7-18-13/h2-8H,1H3. The van der Waals surface area contributed by atoms with E-state index in [1.54, 1.807) is 7.11 Å². The Labute approximate surface area is 115 Å². The second-order valence-electron chi connectivity index (χ2n) is 3.51. The molecule has 0 amide bonds. The summed E-state index contributed by atoms with van der Waals surface area (Å²) in [6, 6.07) is 13.3. The van der Waals surface area contributed by atoms with Gasteiger partial charge in [-0.15, -0.1) is 11.3 Å². The van der Waals surface area contributed by atoms with Crippen molar-refractivity contribution in [3.8, 4) is 11.8 Å². The van der Waals surface area contributed by atoms with Gasteiger partial charge < -0.3 is 4.74 Å². The van der Waals surface area contributed by atoms with Crippen LogP contribution >= 0.6 is 22.9 Å². The van der Waals surface area contributed by atoms with Gasteiger partial charge in [-0.1, -0.05) is 29.8 Å². The fourth-order valence-electron chi connectivity index (χ4n) is 1.54. The van der Waals surface area contributed by atoms with Crippen LogP contribution in [0.1, 0.15) is 10.4 Å². The van der Waals surface area contributed by atoms with Crippen LogP contribution in [0.2, 0.25) is 0 Å². The van der Waals surface area contributed by atoms with Gasteiger partial charge in [0.1, 0.15) is 11.8 Å². The SMILES string of the molecule is COc1cccc(C(Cl)=C(C#N)c2cccs2)c1. The maximum Gasteiger partial charge on any atom is 0.119 e. The van der Waals surface area contributed by atoms with Crippen LogP contribution in [-0.2, 0) is 0 Å². The molecule has 0 saturated heterocycles. The Morgan fingerprint density at radius 3 is 2.78 bits per heavy atom. The Kier molecular flexibility index (Phi) is 4.03. The molecular formula is C14H10ClNOS. The zero-order chi connectivity index (χ0) is 13.0. The molecule has 0 N–H and O–H groups in total. The molecule has 0 aliphatic heterocycles. The predicted octanol–water partition coefficient (Wildman–Crippen LogP) is 4.39. The molecule has 90 valence electrons. The molecule has 18 heavy (non-hydrogen) atoms. The van der Waals surface area contributed by atoms with Gasteiger partial charge in [-0.05, 0) is 29.1 Å². The molecule has 0 saturated carbocycles. The van der Waals surface area contributed by atoms with Crippen LogP contribution in [-0.4, -0.2) is 7.11 Å². The fraction of sp³-hybridized carbons (Fsp3) is 0.0714. The predicted molar refractivity (Wildman–Crippen MR) is 75.6 cm³/mol. The van der Waals surface area contributed by atoms with Crippen LogP contribution in [0, 0.1) is 11.3 Å². The second-order valence-corrected chi connectivity index (χ2v) is 4.84. The average molecular weight is 276 g/mol. The number of ether oxygens (including phenoxy) is 1. The molecule has 1 heterocycles. The third-order valence-corrected chi connectivity index (χ3v) is 3.72. The summed E-state index contributed by atoms with van der Waals surface area (Å²) in [6.07, 6.45) is 0. The summed E-state index contributed by atoms with van der Waals surface area (Å²) < 4.78 is 5.15. The number of nitriles is 1. The summed E-state index contributed by atoms with van der Waals surface area (Å²) in [5.41, 5.74) is 1.26. The lowest BCUT2D eigenvalue weighted by Crippen LogP contribution is -1.86. The lowest BCUT2D eigenvalue weighted by atomic mass is 10.1. The van der Waals surface area contributed by atoms with E-state index in [4.69, 9.17) is 16.3 Å². The zero-order valence-electron chi connectivity index (χ0n) is 9.68. The van der Waals surface area contributed by atoms with Gasteiger partial charge in [0.05, 0.1) is 17.7 Å². The highest BCUT2D eigenvalue weighted by atomic mass is 35.5. The van der Waals surface area contributed by atoms with Gasteiger partial charge in [-0.3, -0.25) is 0 Å². The van der Waals surface area contributed by atoms with Crippen molar-refractivity contribution >= 4 is 33.5 Å². The number of rotatable bonds is 3. The van der Waals surface area contributed by atoms with Gasteiger partial charge >= 0.3 is 0 Å². The molecule has 0 radical (unpaired) electrons. The number of halogens is 1. The summed E-state index contributed by atoms with van der Waals surface area (Å²) >= 11 is 7.79. The van der Waals surface area contributed by atoms with Gasteiger partial charge in [-0.25, -0.2) is 0 Å². The third-order valence-electron chi connectivity index (χ3n) is 2.42. The van der Waals surface area contributed by atoms with Crippen molar-refractivity contribution in [2.75, 3.05) is 7.11 Å². The Hall–Kier alpha value is -1.76. The lowest BCUT2D eigenvalue weighted by molar-refractivity contribution is 0.414. The quantitative estimate of drug-likeness (QED) is 0.779. The molecule has 2 rings (SSSR count). The van der Waals surface area contributed by atoms with E-state index in [0.717, 1.165) is 10.4 Å². The van der Waals surface area contributed by atoms with Crippen molar-refractivity contribution in [1.82, 2.24) is 0 Å². The highest BCUT2D eigenvalue weighted by molar-refractivity contribution is 7.11. The van der Waals surface area contributed by atoms with Crippen LogP contribution in [0.3, 0.4) is 0 Å². The minimum absolute atomic E-state index is 0.443. The lowest BCUT2D eigenvalue weighted by Gasteiger charge is -2.05. The highest BCUT2D eigenvalue weighted by Gasteiger charge is 2.10. The largest absolute Gasteiger partial charge is 0.497 e. The molecule has 0 aliphatic carbocycles. The van der Waals surface area contributed by atoms with Crippen LogP contribution in [0.4, 0.5) is 0 Å². The van der Waals surface area contributed by atoms with Crippen molar-refractivity contribution in [2.45, 2.75) is 0 Å². The second kappa shape index (κ2) is 5.72. The van der Waals surface area contributed by atoms with Crippen LogP contribution in [0.25, 0.3) is 10.6 Å². The van der Waals surface area contributed by atoms with Gasteiger partial charge in [-0.2, -0.15) is 5.26 Å². The Bertz CT molecular complexity index is 611. The Morgan fingerprint density at radius 2 is 2.17 bits per heavy atom. The van der Waals surface area contributed by atoms with Crippen molar-refractivity contribution in [2.24, 2.45) is 0 Å². The third kappa shape index (κ3) is 2.56. The monoisotopic (exact) mass is 275 g/mol. The molecule has 1 aromatic heterocycles. The summed E-state index contributed by atoms with van der Waals surface area (Å²) in [5.74, 6) is 0.717. The molecule has 0 aliphatic rings. The minimum Gasteiger partial charge on any atom is -0.497 e. The van der Waals surface area contributed by atoms with Crippen molar-refractivity contribution in [3.05, 3.63) is 52.2 Å². The van der Waals surface area contributed by atoms with E-state index in [-0.39, 0.29) is 0 Å². The molecule has 0 atom stereocenters. The molecule has 2 nitrogen and oxygen atoms in total. The van der Waals surface area contributed by atoms with Crippen LogP contribution < -0.4 is 4.74 Å². The van der Waals surface area contributed by atoms with Gasteiger partial charge in [0.25, 0.3) is 0 Å². The Morgan fingerprint density at radius 1 is 1.33 bits per heavy atom. The molecule has 1 aromatic carbocycles. The van der Waals surface area contributed by atoms with Crippen molar-refractivity contribution in [3.63, 3.8) is 0 Å². The first-order valence-electron chi connectivity index (χ1n) is 5.24. The molecule has 0 unspecified atom stereocenters. The number of methoxy groups -OCH3 is 1. The first-order valence-corrected chi connectivity index (χ1v) is 6.50. The molecule has 0 bridgehead atoms. The first-order chi connectivity index (χ1) is 8.76. The highest BCUT2D eigenvalue weighted by Crippen LogP contribution is 2.32. The number of allylic oxidation sites excluding steroid dienone is 1.